The number of likely N-dealkylation sites (N-methyl/N-ethyl adjacent to an activating group) is 1. The van der Waals surface area contributed by atoms with Gasteiger partial charge in [0.25, 0.3) is 5.91 Å². The van der Waals surface area contributed by atoms with Crippen molar-refractivity contribution in [2.45, 2.75) is 19.5 Å². The van der Waals surface area contributed by atoms with Crippen LogP contribution in [0.2, 0.25) is 10.0 Å². The number of benzene rings is 2. The topological polar surface area (TPSA) is 111 Å². The maximum atomic E-state index is 12.9. The van der Waals surface area contributed by atoms with Crippen LogP contribution >= 0.6 is 23.2 Å². The summed E-state index contributed by atoms with van der Waals surface area (Å²) in [7, 11) is 2.76. The Morgan fingerprint density at radius 3 is 2.52 bits per heavy atom. The maximum Gasteiger partial charge on any atom is 0.311 e. The first-order valence-corrected chi connectivity index (χ1v) is 9.83. The molecule has 0 spiro atoms. The predicted octanol–water partition coefficient (Wildman–Crippen LogP) is 3.45. The Morgan fingerprint density at radius 2 is 1.94 bits per heavy atom. The van der Waals surface area contributed by atoms with Crippen LogP contribution < -0.4 is 14.8 Å². The quantitative estimate of drug-likeness (QED) is 0.444. The molecular weight excluding hydrogens is 449 g/mol. The molecule has 31 heavy (non-hydrogen) atoms. The molecule has 0 radical (unpaired) electrons. The van der Waals surface area contributed by atoms with Gasteiger partial charge in [0.05, 0.1) is 12.0 Å². The highest BCUT2D eigenvalue weighted by molar-refractivity contribution is 6.35. The number of nitro groups is 1. The minimum absolute atomic E-state index is 0.00141. The van der Waals surface area contributed by atoms with E-state index in [0.717, 1.165) is 0 Å². The monoisotopic (exact) mass is 469 g/mol. The smallest absolute Gasteiger partial charge is 0.311 e. The number of amides is 2. The second-order valence-electron chi connectivity index (χ2n) is 6.43. The van der Waals surface area contributed by atoms with Gasteiger partial charge in [-0.2, -0.15) is 0 Å². The molecular formula is C20H21Cl2N3O6. The summed E-state index contributed by atoms with van der Waals surface area (Å²) in [5.74, 6) is -0.652. The van der Waals surface area contributed by atoms with Crippen LogP contribution in [-0.2, 0) is 16.1 Å². The van der Waals surface area contributed by atoms with Crippen molar-refractivity contribution in [3.63, 3.8) is 0 Å². The van der Waals surface area contributed by atoms with Crippen molar-refractivity contribution >= 4 is 40.7 Å². The molecule has 11 heteroatoms. The number of carbonyl (C=O) groups is 2. The number of hydrogen-bond donors (Lipinski definition) is 1. The van der Waals surface area contributed by atoms with Crippen LogP contribution in [0.15, 0.2) is 36.4 Å². The van der Waals surface area contributed by atoms with Gasteiger partial charge >= 0.3 is 5.69 Å². The molecule has 1 unspecified atom stereocenters. The summed E-state index contributed by atoms with van der Waals surface area (Å²) in [5.41, 5.74) is 0.376. The molecule has 0 saturated heterocycles. The van der Waals surface area contributed by atoms with E-state index in [-0.39, 0.29) is 29.6 Å². The van der Waals surface area contributed by atoms with Gasteiger partial charge in [0, 0.05) is 35.8 Å². The first kappa shape index (κ1) is 24.2. The minimum Gasteiger partial charge on any atom is -0.490 e. The Kier molecular flexibility index (Phi) is 8.47. The second-order valence-corrected chi connectivity index (χ2v) is 7.27. The Bertz CT molecular complexity index is 985. The molecule has 1 N–H and O–H groups in total. The molecule has 166 valence electrons. The number of carbonyl (C=O) groups excluding carboxylic acids is 2. The number of halogens is 2. The van der Waals surface area contributed by atoms with Gasteiger partial charge in [0.2, 0.25) is 11.7 Å². The molecule has 0 saturated carbocycles. The van der Waals surface area contributed by atoms with Crippen LogP contribution in [0.4, 0.5) is 5.69 Å². The van der Waals surface area contributed by atoms with Crippen molar-refractivity contribution in [3.8, 4) is 11.5 Å². The Hall–Kier alpha value is -3.04. The van der Waals surface area contributed by atoms with E-state index in [4.69, 9.17) is 32.7 Å². The van der Waals surface area contributed by atoms with Crippen molar-refractivity contribution < 1.29 is 24.0 Å². The van der Waals surface area contributed by atoms with E-state index in [2.05, 4.69) is 5.32 Å². The molecule has 2 aromatic rings. The molecule has 0 aliphatic carbocycles. The number of nitrogens with zero attached hydrogens (tertiary/aromatic N) is 2. The highest BCUT2D eigenvalue weighted by Crippen LogP contribution is 2.31. The SMILES string of the molecule is CNC(=O)C(C)N(Cc1ccc(Cl)cc1Cl)C(=O)COc1ccc([N+](=O)[O-])c(OC)c1. The fourth-order valence-corrected chi connectivity index (χ4v) is 3.22. The van der Waals surface area contributed by atoms with E-state index in [9.17, 15) is 19.7 Å². The molecule has 0 aliphatic rings. The number of hydrogen-bond acceptors (Lipinski definition) is 6. The Labute approximate surface area is 189 Å². The van der Waals surface area contributed by atoms with Gasteiger partial charge in [0.1, 0.15) is 11.8 Å². The van der Waals surface area contributed by atoms with Crippen molar-refractivity contribution in [1.29, 1.82) is 0 Å². The minimum atomic E-state index is -0.806. The lowest BCUT2D eigenvalue weighted by Crippen LogP contribution is -2.48. The Morgan fingerprint density at radius 1 is 1.23 bits per heavy atom. The molecule has 0 aliphatic heterocycles. The number of nitro benzene ring substituents is 1. The lowest BCUT2D eigenvalue weighted by molar-refractivity contribution is -0.385. The molecule has 9 nitrogen and oxygen atoms in total. The van der Waals surface area contributed by atoms with Gasteiger partial charge in [-0.25, -0.2) is 0 Å². The lowest BCUT2D eigenvalue weighted by Gasteiger charge is -2.28. The average molecular weight is 470 g/mol. The van der Waals surface area contributed by atoms with Gasteiger partial charge in [-0.1, -0.05) is 29.3 Å². The van der Waals surface area contributed by atoms with Gasteiger partial charge in [-0.15, -0.1) is 0 Å². The van der Waals surface area contributed by atoms with E-state index in [1.807, 2.05) is 0 Å². The standard InChI is InChI=1S/C20H21Cl2N3O6/c1-12(20(27)23-2)24(10-13-4-5-14(21)8-16(13)22)19(26)11-31-15-6-7-17(25(28)29)18(9-15)30-3/h4-9,12H,10-11H2,1-3H3,(H,23,27). The van der Waals surface area contributed by atoms with Gasteiger partial charge in [0.15, 0.2) is 6.61 Å². The van der Waals surface area contributed by atoms with Gasteiger partial charge < -0.3 is 19.7 Å². The van der Waals surface area contributed by atoms with Gasteiger partial charge in [-0.3, -0.25) is 19.7 Å². The molecule has 0 aromatic heterocycles. The fraction of sp³-hybridized carbons (Fsp3) is 0.300. The summed E-state index contributed by atoms with van der Waals surface area (Å²) in [6.45, 7) is 1.22. The van der Waals surface area contributed by atoms with Crippen molar-refractivity contribution in [2.24, 2.45) is 0 Å². The normalized spacial score (nSPS) is 11.4. The molecule has 0 bridgehead atoms. The van der Waals surface area contributed by atoms with Crippen LogP contribution in [0.5, 0.6) is 11.5 Å². The molecule has 0 heterocycles. The number of rotatable bonds is 9. The summed E-state index contributed by atoms with van der Waals surface area (Å²) < 4.78 is 10.5. The maximum absolute atomic E-state index is 12.9. The van der Waals surface area contributed by atoms with Crippen LogP contribution in [0.3, 0.4) is 0 Å². The fourth-order valence-electron chi connectivity index (χ4n) is 2.75. The summed E-state index contributed by atoms with van der Waals surface area (Å²) in [5, 5.41) is 14.3. The first-order valence-electron chi connectivity index (χ1n) is 9.08. The van der Waals surface area contributed by atoms with Crippen LogP contribution in [-0.4, -0.2) is 48.4 Å². The molecule has 0 fully saturated rings. The van der Waals surface area contributed by atoms with Crippen molar-refractivity contribution in [3.05, 3.63) is 62.1 Å². The molecule has 2 aromatic carbocycles. The molecule has 1 atom stereocenters. The third-order valence-corrected chi connectivity index (χ3v) is 5.07. The third-order valence-electron chi connectivity index (χ3n) is 4.48. The Balaban J connectivity index is 2.21. The van der Waals surface area contributed by atoms with E-state index >= 15 is 0 Å². The highest BCUT2D eigenvalue weighted by Gasteiger charge is 2.27. The summed E-state index contributed by atoms with van der Waals surface area (Å²) in [6, 6.07) is 7.94. The van der Waals surface area contributed by atoms with Crippen LogP contribution in [0, 0.1) is 10.1 Å². The zero-order chi connectivity index (χ0) is 23.1. The predicted molar refractivity (Wildman–Crippen MR) is 116 cm³/mol. The van der Waals surface area contributed by atoms with Crippen LogP contribution in [0.1, 0.15) is 12.5 Å². The number of ether oxygens (including phenoxy) is 2. The summed E-state index contributed by atoms with van der Waals surface area (Å²) in [4.78, 5) is 36.8. The number of nitrogens with one attached hydrogen (secondary N) is 1. The second kappa shape index (κ2) is 10.8. The lowest BCUT2D eigenvalue weighted by atomic mass is 10.1. The van der Waals surface area contributed by atoms with E-state index in [1.54, 1.807) is 25.1 Å². The van der Waals surface area contributed by atoms with Gasteiger partial charge in [-0.05, 0) is 30.7 Å². The largest absolute Gasteiger partial charge is 0.490 e. The van der Waals surface area contributed by atoms with Crippen molar-refractivity contribution in [2.75, 3.05) is 20.8 Å². The van der Waals surface area contributed by atoms with E-state index in [0.29, 0.717) is 15.6 Å². The van der Waals surface area contributed by atoms with E-state index in [1.165, 1.54) is 37.3 Å². The third kappa shape index (κ3) is 6.22. The highest BCUT2D eigenvalue weighted by atomic mass is 35.5. The average Bonchev–Trinajstić information content (AvgIpc) is 2.75. The zero-order valence-electron chi connectivity index (χ0n) is 17.1. The van der Waals surface area contributed by atoms with E-state index < -0.39 is 23.5 Å². The first-order chi connectivity index (χ1) is 14.7. The zero-order valence-corrected chi connectivity index (χ0v) is 18.6. The van der Waals surface area contributed by atoms with Crippen molar-refractivity contribution in [1.82, 2.24) is 10.2 Å². The number of methoxy groups -OCH3 is 1. The molecule has 2 rings (SSSR count). The molecule has 2 amide bonds. The summed E-state index contributed by atoms with van der Waals surface area (Å²) in [6.07, 6.45) is 0. The van der Waals surface area contributed by atoms with Crippen LogP contribution in [0.25, 0.3) is 0 Å². The summed E-state index contributed by atoms with van der Waals surface area (Å²) >= 11 is 12.1.